The molecule has 0 unspecified atom stereocenters. The van der Waals surface area contributed by atoms with Crippen molar-refractivity contribution in [1.29, 1.82) is 0 Å². The highest BCUT2D eigenvalue weighted by Crippen LogP contribution is 2.32. The number of halogens is 1. The Morgan fingerprint density at radius 3 is 2.38 bits per heavy atom. The smallest absolute Gasteiger partial charge is 0.271 e. The van der Waals surface area contributed by atoms with Gasteiger partial charge in [0.15, 0.2) is 5.69 Å². The lowest BCUT2D eigenvalue weighted by Crippen LogP contribution is -2.27. The molecule has 0 bridgehead atoms. The fraction of sp³-hybridized carbons (Fsp3) is 0.200. The Labute approximate surface area is 168 Å². The van der Waals surface area contributed by atoms with Crippen LogP contribution in [0.5, 0.6) is 0 Å². The number of rotatable bonds is 7. The first kappa shape index (κ1) is 20.5. The number of anilines is 1. The summed E-state index contributed by atoms with van der Waals surface area (Å²) < 4.78 is 43.0. The van der Waals surface area contributed by atoms with Crippen LogP contribution in [0.15, 0.2) is 59.5 Å². The van der Waals surface area contributed by atoms with Crippen LogP contribution in [0.3, 0.4) is 0 Å². The zero-order valence-electron chi connectivity index (χ0n) is 16.0. The van der Waals surface area contributed by atoms with E-state index in [1.165, 1.54) is 41.1 Å². The molecule has 0 aliphatic heterocycles. The lowest BCUT2D eigenvalue weighted by Gasteiger charge is -2.11. The van der Waals surface area contributed by atoms with Gasteiger partial charge in [-0.1, -0.05) is 25.1 Å². The normalized spacial score (nSPS) is 11.3. The van der Waals surface area contributed by atoms with Gasteiger partial charge in [0, 0.05) is 19.2 Å². The summed E-state index contributed by atoms with van der Waals surface area (Å²) in [6.45, 7) is 2.34. The minimum atomic E-state index is -3.97. The van der Waals surface area contributed by atoms with E-state index in [1.54, 1.807) is 25.2 Å². The molecule has 1 amide bonds. The molecule has 1 heterocycles. The fourth-order valence-electron chi connectivity index (χ4n) is 2.81. The van der Waals surface area contributed by atoms with Gasteiger partial charge in [-0.15, -0.1) is 0 Å². The predicted molar refractivity (Wildman–Crippen MR) is 108 cm³/mol. The van der Waals surface area contributed by atoms with Crippen molar-refractivity contribution >= 4 is 21.6 Å². The average molecular weight is 416 g/mol. The first-order valence-electron chi connectivity index (χ1n) is 9.02. The summed E-state index contributed by atoms with van der Waals surface area (Å²) >= 11 is 0. The number of nitrogens with one attached hydrogen (secondary N) is 2. The van der Waals surface area contributed by atoms with E-state index in [1.807, 2.05) is 6.92 Å². The molecule has 152 valence electrons. The van der Waals surface area contributed by atoms with Crippen molar-refractivity contribution in [3.63, 3.8) is 0 Å². The summed E-state index contributed by atoms with van der Waals surface area (Å²) in [4.78, 5) is 12.7. The van der Waals surface area contributed by atoms with Crippen LogP contribution in [-0.2, 0) is 17.1 Å². The molecule has 0 atom stereocenters. The Morgan fingerprint density at radius 2 is 1.76 bits per heavy atom. The van der Waals surface area contributed by atoms with Crippen molar-refractivity contribution in [2.75, 3.05) is 11.3 Å². The third-order valence-electron chi connectivity index (χ3n) is 4.21. The third-order valence-corrected chi connectivity index (χ3v) is 5.57. The van der Waals surface area contributed by atoms with Gasteiger partial charge in [-0.2, -0.15) is 5.10 Å². The van der Waals surface area contributed by atoms with Gasteiger partial charge in [0.05, 0.1) is 4.90 Å². The van der Waals surface area contributed by atoms with Gasteiger partial charge in [0.25, 0.3) is 15.9 Å². The predicted octanol–water partition coefficient (Wildman–Crippen LogP) is 3.17. The number of carbonyl (C=O) groups is 1. The number of sulfonamides is 1. The zero-order chi connectivity index (χ0) is 21.0. The molecule has 0 saturated carbocycles. The van der Waals surface area contributed by atoms with Gasteiger partial charge >= 0.3 is 0 Å². The van der Waals surface area contributed by atoms with Gasteiger partial charge in [-0.3, -0.25) is 14.2 Å². The van der Waals surface area contributed by atoms with Crippen molar-refractivity contribution in [1.82, 2.24) is 15.1 Å². The summed E-state index contributed by atoms with van der Waals surface area (Å²) in [5, 5.41) is 7.06. The van der Waals surface area contributed by atoms with E-state index in [2.05, 4.69) is 15.1 Å². The van der Waals surface area contributed by atoms with Crippen LogP contribution in [0.2, 0.25) is 0 Å². The number of nitrogens with zero attached hydrogens (tertiary/aromatic N) is 2. The molecule has 0 aliphatic rings. The highest BCUT2D eigenvalue weighted by atomic mass is 32.2. The zero-order valence-corrected chi connectivity index (χ0v) is 16.8. The molecule has 0 aliphatic carbocycles. The third kappa shape index (κ3) is 4.45. The van der Waals surface area contributed by atoms with E-state index >= 15 is 0 Å². The first-order chi connectivity index (χ1) is 13.8. The average Bonchev–Trinajstić information content (AvgIpc) is 3.02. The summed E-state index contributed by atoms with van der Waals surface area (Å²) in [6.07, 6.45) is 0.722. The number of aryl methyl sites for hydroxylation is 1. The Bertz CT molecular complexity index is 1110. The van der Waals surface area contributed by atoms with E-state index < -0.39 is 21.7 Å². The second-order valence-corrected chi connectivity index (χ2v) is 8.06. The molecule has 7 nitrogen and oxygen atoms in total. The highest BCUT2D eigenvalue weighted by molar-refractivity contribution is 7.92. The maximum absolute atomic E-state index is 13.3. The quantitative estimate of drug-likeness (QED) is 0.619. The van der Waals surface area contributed by atoms with Crippen LogP contribution in [0.1, 0.15) is 23.8 Å². The summed E-state index contributed by atoms with van der Waals surface area (Å²) in [7, 11) is -2.42. The summed E-state index contributed by atoms with van der Waals surface area (Å²) in [6, 6.07) is 13.3. The molecular formula is C20H21FN4O3S. The molecule has 2 aromatic carbocycles. The molecule has 1 aromatic heterocycles. The van der Waals surface area contributed by atoms with Gasteiger partial charge in [0.1, 0.15) is 17.2 Å². The largest absolute Gasteiger partial charge is 0.351 e. The van der Waals surface area contributed by atoms with E-state index in [4.69, 9.17) is 0 Å². The SMILES string of the molecule is CCCNC(=O)c1c(NS(=O)(=O)c2ccccc2)c(-c2ccc(F)cc2)nn1C. The van der Waals surface area contributed by atoms with E-state index in [0.717, 1.165) is 6.42 Å². The van der Waals surface area contributed by atoms with Gasteiger partial charge in [-0.25, -0.2) is 12.8 Å². The molecule has 0 radical (unpaired) electrons. The molecule has 3 aromatic rings. The van der Waals surface area contributed by atoms with Crippen LogP contribution < -0.4 is 10.0 Å². The number of carbonyl (C=O) groups excluding carboxylic acids is 1. The molecule has 0 fully saturated rings. The Morgan fingerprint density at radius 1 is 1.10 bits per heavy atom. The molecular weight excluding hydrogens is 395 g/mol. The van der Waals surface area contributed by atoms with Gasteiger partial charge in [0.2, 0.25) is 0 Å². The molecule has 2 N–H and O–H groups in total. The van der Waals surface area contributed by atoms with E-state index in [9.17, 15) is 17.6 Å². The number of hydrogen-bond donors (Lipinski definition) is 2. The number of aromatic nitrogens is 2. The van der Waals surface area contributed by atoms with Crippen molar-refractivity contribution in [2.45, 2.75) is 18.2 Å². The van der Waals surface area contributed by atoms with Crippen LogP contribution >= 0.6 is 0 Å². The minimum absolute atomic E-state index is 0.0385. The molecule has 0 spiro atoms. The Balaban J connectivity index is 2.13. The highest BCUT2D eigenvalue weighted by Gasteiger charge is 2.27. The monoisotopic (exact) mass is 416 g/mol. The first-order valence-corrected chi connectivity index (χ1v) is 10.5. The maximum Gasteiger partial charge on any atom is 0.271 e. The number of benzene rings is 2. The summed E-state index contributed by atoms with van der Waals surface area (Å²) in [5.41, 5.74) is 0.810. The van der Waals surface area contributed by atoms with Crippen LogP contribution in [-0.4, -0.2) is 30.7 Å². The van der Waals surface area contributed by atoms with Crippen molar-refractivity contribution in [3.05, 3.63) is 66.1 Å². The fourth-order valence-corrected chi connectivity index (χ4v) is 3.90. The summed E-state index contributed by atoms with van der Waals surface area (Å²) in [5.74, 6) is -0.891. The molecule has 0 saturated heterocycles. The second-order valence-electron chi connectivity index (χ2n) is 6.38. The topological polar surface area (TPSA) is 93.1 Å². The number of amides is 1. The molecule has 3 rings (SSSR count). The Hall–Kier alpha value is -3.20. The maximum atomic E-state index is 13.3. The lowest BCUT2D eigenvalue weighted by atomic mass is 10.1. The van der Waals surface area contributed by atoms with Gasteiger partial charge in [-0.05, 0) is 42.8 Å². The van der Waals surface area contributed by atoms with Crippen molar-refractivity contribution in [2.24, 2.45) is 7.05 Å². The standard InChI is InChI=1S/C20H21FN4O3S/c1-3-13-22-20(26)19-18(24-29(27,28)16-7-5-4-6-8-16)17(23-25(19)2)14-9-11-15(21)12-10-14/h4-12,24H,3,13H2,1-2H3,(H,22,26). The van der Waals surface area contributed by atoms with Crippen LogP contribution in [0.4, 0.5) is 10.1 Å². The number of hydrogen-bond acceptors (Lipinski definition) is 4. The lowest BCUT2D eigenvalue weighted by molar-refractivity contribution is 0.0945. The molecule has 9 heteroatoms. The minimum Gasteiger partial charge on any atom is -0.351 e. The van der Waals surface area contributed by atoms with E-state index in [0.29, 0.717) is 12.1 Å². The molecule has 29 heavy (non-hydrogen) atoms. The van der Waals surface area contributed by atoms with Crippen molar-refractivity contribution < 1.29 is 17.6 Å². The Kier molecular flexibility index (Phi) is 5.97. The van der Waals surface area contributed by atoms with E-state index in [-0.39, 0.29) is 22.0 Å². The van der Waals surface area contributed by atoms with Gasteiger partial charge < -0.3 is 5.32 Å². The van der Waals surface area contributed by atoms with Crippen LogP contribution in [0, 0.1) is 5.82 Å². The van der Waals surface area contributed by atoms with Crippen molar-refractivity contribution in [3.8, 4) is 11.3 Å². The second kappa shape index (κ2) is 8.44. The van der Waals surface area contributed by atoms with Crippen LogP contribution in [0.25, 0.3) is 11.3 Å².